The minimum absolute atomic E-state index is 0. The van der Waals surface area contributed by atoms with E-state index >= 15 is 0 Å². The summed E-state index contributed by atoms with van der Waals surface area (Å²) in [5, 5.41) is 0. The van der Waals surface area contributed by atoms with Crippen molar-refractivity contribution < 1.29 is 0 Å². The summed E-state index contributed by atoms with van der Waals surface area (Å²) in [6.07, 6.45) is 15.3. The quantitative estimate of drug-likeness (QED) is 0.282. The van der Waals surface area contributed by atoms with Crippen LogP contribution in [-0.2, 0) is 6.42 Å². The molecule has 0 atom stereocenters. The average molecular weight is 347 g/mol. The average Bonchev–Trinajstić information content (AvgIpc) is 2.64. The topological polar surface area (TPSA) is 0 Å². The van der Waals surface area contributed by atoms with E-state index in [9.17, 15) is 0 Å². The van der Waals surface area contributed by atoms with E-state index in [1.807, 2.05) is 0 Å². The third-order valence-corrected chi connectivity index (χ3v) is 4.90. The van der Waals surface area contributed by atoms with E-state index in [0.717, 1.165) is 0 Å². The maximum atomic E-state index is 2.30. The predicted octanol–water partition coefficient (Wildman–Crippen LogP) is 7.17. The Kier molecular flexibility index (Phi) is 13.1. The van der Waals surface area contributed by atoms with Crippen molar-refractivity contribution in [2.75, 3.05) is 0 Å². The summed E-state index contributed by atoms with van der Waals surface area (Å²) in [6.45, 7) is 2.29. The van der Waals surface area contributed by atoms with E-state index < -0.39 is 0 Å². The fourth-order valence-electron chi connectivity index (χ4n) is 3.44. The third-order valence-electron chi connectivity index (χ3n) is 4.90. The SMILES string of the molecule is CCCCCCCCCCCCc1ccccc1-c1ccccc1.[NaH]. The molecule has 132 valence electrons. The third kappa shape index (κ3) is 9.08. The molecular weight excluding hydrogens is 311 g/mol. The van der Waals surface area contributed by atoms with Crippen LogP contribution in [0.15, 0.2) is 54.6 Å². The van der Waals surface area contributed by atoms with E-state index in [2.05, 4.69) is 61.5 Å². The van der Waals surface area contributed by atoms with Gasteiger partial charge in [0, 0.05) is 0 Å². The van der Waals surface area contributed by atoms with Crippen molar-refractivity contribution >= 4 is 29.6 Å². The summed E-state index contributed by atoms with van der Waals surface area (Å²) in [7, 11) is 0. The molecule has 0 heterocycles. The first-order valence-electron chi connectivity index (χ1n) is 10.0. The van der Waals surface area contributed by atoms with Gasteiger partial charge in [-0.3, -0.25) is 0 Å². The van der Waals surface area contributed by atoms with Gasteiger partial charge in [-0.15, -0.1) is 0 Å². The second-order valence-corrected chi connectivity index (χ2v) is 6.96. The fourth-order valence-corrected chi connectivity index (χ4v) is 3.44. The Labute approximate surface area is 177 Å². The number of rotatable bonds is 12. The van der Waals surface area contributed by atoms with Crippen molar-refractivity contribution in [1.29, 1.82) is 0 Å². The molecule has 1 heteroatoms. The number of benzene rings is 2. The van der Waals surface area contributed by atoms with Crippen LogP contribution >= 0.6 is 0 Å². The van der Waals surface area contributed by atoms with E-state index in [0.29, 0.717) is 0 Å². The fraction of sp³-hybridized carbons (Fsp3) is 0.500. The van der Waals surface area contributed by atoms with Gasteiger partial charge in [0.15, 0.2) is 0 Å². The number of aryl methyl sites for hydroxylation is 1. The van der Waals surface area contributed by atoms with Gasteiger partial charge in [0.2, 0.25) is 0 Å². The molecule has 0 bridgehead atoms. The molecule has 0 unspecified atom stereocenters. The van der Waals surface area contributed by atoms with Crippen LogP contribution in [0.4, 0.5) is 0 Å². The molecule has 2 aromatic rings. The molecular formula is C24H35Na. The molecule has 0 aliphatic heterocycles. The van der Waals surface area contributed by atoms with Gasteiger partial charge >= 0.3 is 29.6 Å². The monoisotopic (exact) mass is 346 g/mol. The zero-order chi connectivity index (χ0) is 16.9. The molecule has 0 aliphatic rings. The van der Waals surface area contributed by atoms with Crippen LogP contribution in [0.5, 0.6) is 0 Å². The first-order valence-corrected chi connectivity index (χ1v) is 10.0. The van der Waals surface area contributed by atoms with Gasteiger partial charge in [0.05, 0.1) is 0 Å². The van der Waals surface area contributed by atoms with Gasteiger partial charge < -0.3 is 0 Å². The Bertz CT molecular complexity index is 547. The van der Waals surface area contributed by atoms with Crippen LogP contribution in [0.25, 0.3) is 11.1 Å². The second-order valence-electron chi connectivity index (χ2n) is 6.96. The van der Waals surface area contributed by atoms with Gasteiger partial charge in [0.25, 0.3) is 0 Å². The zero-order valence-electron chi connectivity index (χ0n) is 15.5. The van der Waals surface area contributed by atoms with Gasteiger partial charge in [0.1, 0.15) is 0 Å². The van der Waals surface area contributed by atoms with Crippen molar-refractivity contribution in [3.63, 3.8) is 0 Å². The summed E-state index contributed by atoms with van der Waals surface area (Å²) >= 11 is 0. The van der Waals surface area contributed by atoms with Gasteiger partial charge in [-0.2, -0.15) is 0 Å². The molecule has 2 rings (SSSR count). The number of hydrogen-bond donors (Lipinski definition) is 0. The standard InChI is InChI=1S/C24H34.Na.H/c1-2-3-4-5-6-7-8-9-10-12-17-23-20-15-16-21-24(23)22-18-13-11-14-19-22;;/h11,13-16,18-21H,2-10,12,17H2,1H3;;. The van der Waals surface area contributed by atoms with Gasteiger partial charge in [-0.05, 0) is 29.5 Å². The Balaban J connectivity index is 0.00000312. The van der Waals surface area contributed by atoms with E-state index in [1.54, 1.807) is 0 Å². The van der Waals surface area contributed by atoms with Crippen LogP contribution in [0.1, 0.15) is 76.7 Å². The normalized spacial score (nSPS) is 10.4. The van der Waals surface area contributed by atoms with Crippen molar-refractivity contribution in [3.8, 4) is 11.1 Å². The number of hydrogen-bond acceptors (Lipinski definition) is 0. The Morgan fingerprint density at radius 3 is 1.72 bits per heavy atom. The molecule has 0 fully saturated rings. The maximum absolute atomic E-state index is 2.30. The van der Waals surface area contributed by atoms with E-state index in [1.165, 1.54) is 87.3 Å². The van der Waals surface area contributed by atoms with Gasteiger partial charge in [-0.1, -0.05) is 119 Å². The van der Waals surface area contributed by atoms with Crippen LogP contribution in [0, 0.1) is 0 Å². The molecule has 2 aromatic carbocycles. The first kappa shape index (κ1) is 22.5. The first-order chi connectivity index (χ1) is 11.9. The summed E-state index contributed by atoms with van der Waals surface area (Å²) in [5.41, 5.74) is 4.26. The molecule has 0 aromatic heterocycles. The Morgan fingerprint density at radius 2 is 1.08 bits per heavy atom. The molecule has 0 N–H and O–H groups in total. The van der Waals surface area contributed by atoms with Crippen LogP contribution in [-0.4, -0.2) is 29.6 Å². The molecule has 0 aliphatic carbocycles. The minimum atomic E-state index is 0. The van der Waals surface area contributed by atoms with E-state index in [4.69, 9.17) is 0 Å². The van der Waals surface area contributed by atoms with Crippen LogP contribution < -0.4 is 0 Å². The molecule has 0 spiro atoms. The van der Waals surface area contributed by atoms with Crippen LogP contribution in [0.2, 0.25) is 0 Å². The summed E-state index contributed by atoms with van der Waals surface area (Å²) < 4.78 is 0. The Morgan fingerprint density at radius 1 is 0.560 bits per heavy atom. The summed E-state index contributed by atoms with van der Waals surface area (Å²) in [5.74, 6) is 0. The predicted molar refractivity (Wildman–Crippen MR) is 115 cm³/mol. The Hall–Kier alpha value is -0.560. The zero-order valence-corrected chi connectivity index (χ0v) is 15.5. The molecule has 0 radical (unpaired) electrons. The van der Waals surface area contributed by atoms with Crippen LogP contribution in [0.3, 0.4) is 0 Å². The summed E-state index contributed by atoms with van der Waals surface area (Å²) in [6, 6.07) is 19.7. The molecule has 0 saturated heterocycles. The molecule has 0 nitrogen and oxygen atoms in total. The van der Waals surface area contributed by atoms with Gasteiger partial charge in [-0.25, -0.2) is 0 Å². The molecule has 25 heavy (non-hydrogen) atoms. The van der Waals surface area contributed by atoms with Crippen molar-refractivity contribution in [2.45, 2.75) is 77.6 Å². The van der Waals surface area contributed by atoms with E-state index in [-0.39, 0.29) is 29.6 Å². The second kappa shape index (κ2) is 14.6. The molecule has 0 amide bonds. The number of unbranched alkanes of at least 4 members (excludes halogenated alkanes) is 9. The molecule has 0 saturated carbocycles. The van der Waals surface area contributed by atoms with Crippen molar-refractivity contribution in [2.24, 2.45) is 0 Å². The van der Waals surface area contributed by atoms with Crippen molar-refractivity contribution in [1.82, 2.24) is 0 Å². The van der Waals surface area contributed by atoms with Crippen molar-refractivity contribution in [3.05, 3.63) is 60.2 Å². The summed E-state index contributed by atoms with van der Waals surface area (Å²) in [4.78, 5) is 0.